The third-order valence-corrected chi connectivity index (χ3v) is 4.98. The molecule has 106 valence electrons. The molecule has 0 saturated heterocycles. The first-order chi connectivity index (χ1) is 9.08. The minimum atomic E-state index is 0.432. The zero-order valence-electron chi connectivity index (χ0n) is 12.3. The first kappa shape index (κ1) is 15.1. The lowest BCUT2D eigenvalue weighted by atomic mass is 9.77. The molecule has 0 aromatic heterocycles. The van der Waals surface area contributed by atoms with Gasteiger partial charge in [0.1, 0.15) is 0 Å². The van der Waals surface area contributed by atoms with Crippen LogP contribution in [0, 0.1) is 11.8 Å². The fourth-order valence-electron chi connectivity index (χ4n) is 3.36. The van der Waals surface area contributed by atoms with E-state index in [-0.39, 0.29) is 0 Å². The van der Waals surface area contributed by atoms with Crippen molar-refractivity contribution in [2.45, 2.75) is 58.5 Å². The summed E-state index contributed by atoms with van der Waals surface area (Å²) in [5.74, 6) is 1.62. The molecule has 0 bridgehead atoms. The standard InChI is InChI=1S/C17H26BrN/c1-12(2)16-9-4-5-10-17(16)19-13(3)14-7-6-8-15(18)11-14/h6-8,11-13,16-17,19H,4-5,9-10H2,1-3H3/t13-,16?,17?/m0/s1. The van der Waals surface area contributed by atoms with Crippen LogP contribution in [0.3, 0.4) is 0 Å². The highest BCUT2D eigenvalue weighted by Gasteiger charge is 2.28. The van der Waals surface area contributed by atoms with Crippen molar-refractivity contribution in [3.8, 4) is 0 Å². The van der Waals surface area contributed by atoms with Gasteiger partial charge in [0.15, 0.2) is 0 Å². The van der Waals surface area contributed by atoms with Gasteiger partial charge in [0, 0.05) is 16.6 Å². The van der Waals surface area contributed by atoms with E-state index in [2.05, 4.69) is 66.3 Å². The van der Waals surface area contributed by atoms with Crippen LogP contribution in [0.1, 0.15) is 58.1 Å². The highest BCUT2D eigenvalue weighted by molar-refractivity contribution is 9.10. The van der Waals surface area contributed by atoms with E-state index in [9.17, 15) is 0 Å². The summed E-state index contributed by atoms with van der Waals surface area (Å²) in [6, 6.07) is 9.77. The SMILES string of the molecule is CC(C)C1CCCCC1N[C@@H](C)c1cccc(Br)c1. The van der Waals surface area contributed by atoms with Crippen LogP contribution >= 0.6 is 15.9 Å². The summed E-state index contributed by atoms with van der Waals surface area (Å²) in [6.07, 6.45) is 5.51. The van der Waals surface area contributed by atoms with Crippen molar-refractivity contribution in [3.05, 3.63) is 34.3 Å². The molecule has 0 amide bonds. The monoisotopic (exact) mass is 323 g/mol. The van der Waals surface area contributed by atoms with Crippen LogP contribution in [0.4, 0.5) is 0 Å². The number of benzene rings is 1. The smallest absolute Gasteiger partial charge is 0.0294 e. The Balaban J connectivity index is 2.02. The van der Waals surface area contributed by atoms with Crippen LogP contribution < -0.4 is 5.32 Å². The molecule has 2 heteroatoms. The van der Waals surface area contributed by atoms with E-state index in [1.165, 1.54) is 35.7 Å². The molecule has 1 aromatic rings. The summed E-state index contributed by atoms with van der Waals surface area (Å²) in [5, 5.41) is 3.87. The van der Waals surface area contributed by atoms with E-state index in [1.807, 2.05) is 0 Å². The van der Waals surface area contributed by atoms with Crippen LogP contribution in [-0.4, -0.2) is 6.04 Å². The molecule has 1 saturated carbocycles. The second-order valence-electron chi connectivity index (χ2n) is 6.24. The lowest BCUT2D eigenvalue weighted by Crippen LogP contribution is -2.42. The first-order valence-corrected chi connectivity index (χ1v) is 8.38. The summed E-state index contributed by atoms with van der Waals surface area (Å²) >= 11 is 3.56. The maximum atomic E-state index is 3.87. The molecular formula is C17H26BrN. The van der Waals surface area contributed by atoms with E-state index in [4.69, 9.17) is 0 Å². The number of halogens is 1. The molecule has 1 aliphatic carbocycles. The quantitative estimate of drug-likeness (QED) is 0.791. The van der Waals surface area contributed by atoms with Crippen molar-refractivity contribution >= 4 is 15.9 Å². The zero-order valence-corrected chi connectivity index (χ0v) is 13.9. The highest BCUT2D eigenvalue weighted by atomic mass is 79.9. The summed E-state index contributed by atoms with van der Waals surface area (Å²) < 4.78 is 1.17. The Labute approximate surface area is 126 Å². The molecule has 0 heterocycles. The van der Waals surface area contributed by atoms with E-state index in [0.29, 0.717) is 12.1 Å². The van der Waals surface area contributed by atoms with Crippen molar-refractivity contribution in [1.29, 1.82) is 0 Å². The van der Waals surface area contributed by atoms with Gasteiger partial charge in [-0.15, -0.1) is 0 Å². The third kappa shape index (κ3) is 4.06. The predicted molar refractivity (Wildman–Crippen MR) is 86.3 cm³/mol. The normalized spacial score (nSPS) is 25.5. The van der Waals surface area contributed by atoms with Gasteiger partial charge in [0.25, 0.3) is 0 Å². The van der Waals surface area contributed by atoms with E-state index >= 15 is 0 Å². The summed E-state index contributed by atoms with van der Waals surface area (Å²) in [7, 11) is 0. The Hall–Kier alpha value is -0.340. The van der Waals surface area contributed by atoms with Crippen molar-refractivity contribution in [2.24, 2.45) is 11.8 Å². The Kier molecular flexibility index (Phi) is 5.47. The topological polar surface area (TPSA) is 12.0 Å². The molecule has 2 unspecified atom stereocenters. The molecule has 1 fully saturated rings. The number of rotatable bonds is 4. The van der Waals surface area contributed by atoms with Gasteiger partial charge in [-0.3, -0.25) is 0 Å². The number of hydrogen-bond acceptors (Lipinski definition) is 1. The van der Waals surface area contributed by atoms with Gasteiger partial charge in [-0.25, -0.2) is 0 Å². The Morgan fingerprint density at radius 1 is 1.16 bits per heavy atom. The zero-order chi connectivity index (χ0) is 13.8. The molecule has 0 radical (unpaired) electrons. The Morgan fingerprint density at radius 3 is 2.58 bits per heavy atom. The molecule has 1 N–H and O–H groups in total. The molecule has 2 rings (SSSR count). The Bertz CT molecular complexity index is 402. The van der Waals surface area contributed by atoms with Crippen molar-refractivity contribution in [2.75, 3.05) is 0 Å². The molecule has 19 heavy (non-hydrogen) atoms. The lowest BCUT2D eigenvalue weighted by molar-refractivity contribution is 0.195. The van der Waals surface area contributed by atoms with E-state index in [0.717, 1.165) is 11.8 Å². The van der Waals surface area contributed by atoms with E-state index < -0.39 is 0 Å². The number of hydrogen-bond donors (Lipinski definition) is 1. The summed E-state index contributed by atoms with van der Waals surface area (Å²) in [6.45, 7) is 7.02. The van der Waals surface area contributed by atoms with Crippen LogP contribution in [0.25, 0.3) is 0 Å². The molecule has 1 aromatic carbocycles. The van der Waals surface area contributed by atoms with Gasteiger partial charge < -0.3 is 5.32 Å². The van der Waals surface area contributed by atoms with Gasteiger partial charge in [-0.2, -0.15) is 0 Å². The third-order valence-electron chi connectivity index (χ3n) is 4.49. The molecular weight excluding hydrogens is 298 g/mol. The maximum Gasteiger partial charge on any atom is 0.0294 e. The van der Waals surface area contributed by atoms with Gasteiger partial charge in [-0.05, 0) is 49.3 Å². The van der Waals surface area contributed by atoms with Crippen LogP contribution in [0.15, 0.2) is 28.7 Å². The van der Waals surface area contributed by atoms with Gasteiger partial charge in [0.05, 0.1) is 0 Å². The largest absolute Gasteiger partial charge is 0.307 e. The van der Waals surface area contributed by atoms with E-state index in [1.54, 1.807) is 0 Å². The fraction of sp³-hybridized carbons (Fsp3) is 0.647. The van der Waals surface area contributed by atoms with Gasteiger partial charge in [0.2, 0.25) is 0 Å². The van der Waals surface area contributed by atoms with Crippen LogP contribution in [0.2, 0.25) is 0 Å². The molecule has 0 spiro atoms. The minimum absolute atomic E-state index is 0.432. The van der Waals surface area contributed by atoms with Crippen LogP contribution in [-0.2, 0) is 0 Å². The second kappa shape index (κ2) is 6.90. The average molecular weight is 324 g/mol. The lowest BCUT2D eigenvalue weighted by Gasteiger charge is -2.37. The minimum Gasteiger partial charge on any atom is -0.307 e. The summed E-state index contributed by atoms with van der Waals surface area (Å²) in [4.78, 5) is 0. The van der Waals surface area contributed by atoms with Crippen molar-refractivity contribution < 1.29 is 0 Å². The summed E-state index contributed by atoms with van der Waals surface area (Å²) in [5.41, 5.74) is 1.38. The van der Waals surface area contributed by atoms with Crippen molar-refractivity contribution in [1.82, 2.24) is 5.32 Å². The molecule has 1 aliphatic rings. The molecule has 0 aliphatic heterocycles. The second-order valence-corrected chi connectivity index (χ2v) is 7.16. The van der Waals surface area contributed by atoms with Gasteiger partial charge in [-0.1, -0.05) is 54.8 Å². The molecule has 1 nitrogen and oxygen atoms in total. The Morgan fingerprint density at radius 2 is 1.89 bits per heavy atom. The average Bonchev–Trinajstić information content (AvgIpc) is 2.39. The molecule has 3 atom stereocenters. The predicted octanol–water partition coefficient (Wildman–Crippen LogP) is 5.31. The highest BCUT2D eigenvalue weighted by Crippen LogP contribution is 2.32. The number of nitrogens with one attached hydrogen (secondary N) is 1. The first-order valence-electron chi connectivity index (χ1n) is 7.59. The van der Waals surface area contributed by atoms with Gasteiger partial charge >= 0.3 is 0 Å². The van der Waals surface area contributed by atoms with Crippen LogP contribution in [0.5, 0.6) is 0 Å². The van der Waals surface area contributed by atoms with Crippen molar-refractivity contribution in [3.63, 3.8) is 0 Å². The fourth-order valence-corrected chi connectivity index (χ4v) is 3.77. The maximum absolute atomic E-state index is 3.87.